The number of urea groups is 1. The molecule has 2 atom stereocenters. The molecule has 3 N–H and O–H groups in total. The van der Waals surface area contributed by atoms with Crippen LogP contribution >= 0.6 is 11.8 Å². The maximum Gasteiger partial charge on any atom is 0.324 e. The summed E-state index contributed by atoms with van der Waals surface area (Å²) < 4.78 is 10.5. The van der Waals surface area contributed by atoms with Crippen LogP contribution in [0.25, 0.3) is 0 Å². The summed E-state index contributed by atoms with van der Waals surface area (Å²) in [6.45, 7) is 0.0967. The number of carbonyl (C=O) groups is 3. The first-order valence-corrected chi connectivity index (χ1v) is 11.5. The van der Waals surface area contributed by atoms with Crippen molar-refractivity contribution in [3.05, 3.63) is 23.8 Å². The molecule has 1 aromatic carbocycles. The van der Waals surface area contributed by atoms with Gasteiger partial charge in [-0.2, -0.15) is 11.8 Å². The Labute approximate surface area is 186 Å². The number of hydrogen-bond donors (Lipinski definition) is 3. The fourth-order valence-corrected chi connectivity index (χ4v) is 3.83. The van der Waals surface area contributed by atoms with Crippen LogP contribution in [-0.4, -0.2) is 79.3 Å². The van der Waals surface area contributed by atoms with E-state index in [1.54, 1.807) is 32.0 Å². The summed E-state index contributed by atoms with van der Waals surface area (Å²) in [6.07, 6.45) is 3.41. The molecular weight excluding hydrogens is 422 g/mol. The van der Waals surface area contributed by atoms with Crippen LogP contribution in [0.1, 0.15) is 24.8 Å². The lowest BCUT2D eigenvalue weighted by Crippen LogP contribution is -2.39. The minimum atomic E-state index is -0.720. The Balaban J connectivity index is 1.85. The highest BCUT2D eigenvalue weighted by molar-refractivity contribution is 7.98. The molecule has 0 aliphatic carbocycles. The zero-order chi connectivity index (χ0) is 22.8. The molecule has 1 saturated heterocycles. The summed E-state index contributed by atoms with van der Waals surface area (Å²) >= 11 is 1.64. The van der Waals surface area contributed by atoms with Gasteiger partial charge in [0.1, 0.15) is 6.04 Å². The lowest BCUT2D eigenvalue weighted by molar-refractivity contribution is -0.127. The van der Waals surface area contributed by atoms with E-state index in [0.717, 1.165) is 11.3 Å². The molecule has 1 aliphatic rings. The van der Waals surface area contributed by atoms with E-state index in [-0.39, 0.29) is 43.8 Å². The second-order valence-electron chi connectivity index (χ2n) is 7.20. The summed E-state index contributed by atoms with van der Waals surface area (Å²) in [6, 6.07) is 3.97. The number of nitrogens with zero attached hydrogens (tertiary/aromatic N) is 1. The normalized spacial score (nSPS) is 16.8. The molecule has 9 nitrogen and oxygen atoms in total. The van der Waals surface area contributed by atoms with E-state index < -0.39 is 12.1 Å². The number of rotatable bonds is 13. The standard InChI is InChI=1S/C21H31N3O6S/c1-29-17-6-4-14(12-18(17)30-2)8-10-24-20(27)16(23-21(24)28)5-7-19(26)22-15(13-25)9-11-31-3/h4,6,12,15-16,25H,5,7-11,13H2,1-3H3,(H,22,26)(H,23,28)/t15-,16-/m0/s1. The Hall–Kier alpha value is -2.46. The number of hydrogen-bond acceptors (Lipinski definition) is 7. The predicted octanol–water partition coefficient (Wildman–Crippen LogP) is 1.18. The first-order valence-electron chi connectivity index (χ1n) is 10.1. The van der Waals surface area contributed by atoms with Gasteiger partial charge >= 0.3 is 6.03 Å². The van der Waals surface area contributed by atoms with Crippen LogP contribution < -0.4 is 20.1 Å². The van der Waals surface area contributed by atoms with Crippen molar-refractivity contribution < 1.29 is 29.0 Å². The average Bonchev–Trinajstić information content (AvgIpc) is 3.05. The van der Waals surface area contributed by atoms with Gasteiger partial charge in [-0.15, -0.1) is 0 Å². The Bertz CT molecular complexity index is 775. The highest BCUT2D eigenvalue weighted by Gasteiger charge is 2.37. The topological polar surface area (TPSA) is 117 Å². The zero-order valence-corrected chi connectivity index (χ0v) is 19.0. The van der Waals surface area contributed by atoms with Crippen molar-refractivity contribution in [2.45, 2.75) is 37.8 Å². The second-order valence-corrected chi connectivity index (χ2v) is 8.18. The van der Waals surface area contributed by atoms with E-state index in [1.165, 1.54) is 4.90 Å². The fourth-order valence-electron chi connectivity index (χ4n) is 3.31. The third kappa shape index (κ3) is 7.03. The Kier molecular flexibility index (Phi) is 9.93. The molecule has 172 valence electrons. The van der Waals surface area contributed by atoms with Crippen LogP contribution in [0.4, 0.5) is 4.79 Å². The van der Waals surface area contributed by atoms with Crippen LogP contribution in [0.3, 0.4) is 0 Å². The molecule has 0 bridgehead atoms. The van der Waals surface area contributed by atoms with Crippen molar-refractivity contribution in [3.8, 4) is 11.5 Å². The van der Waals surface area contributed by atoms with Gasteiger partial charge in [0.05, 0.1) is 26.9 Å². The molecular formula is C21H31N3O6S. The molecule has 10 heteroatoms. The monoisotopic (exact) mass is 453 g/mol. The third-order valence-corrected chi connectivity index (χ3v) is 5.74. The number of aliphatic hydroxyl groups is 1. The Morgan fingerprint density at radius 2 is 2.03 bits per heavy atom. The maximum absolute atomic E-state index is 12.6. The first-order chi connectivity index (χ1) is 14.9. The number of amides is 4. The van der Waals surface area contributed by atoms with Crippen molar-refractivity contribution >= 4 is 29.6 Å². The van der Waals surface area contributed by atoms with Crippen LogP contribution in [0.15, 0.2) is 18.2 Å². The highest BCUT2D eigenvalue weighted by Crippen LogP contribution is 2.28. The van der Waals surface area contributed by atoms with E-state index in [4.69, 9.17) is 9.47 Å². The summed E-state index contributed by atoms with van der Waals surface area (Å²) in [5.74, 6) is 1.44. The number of carbonyl (C=O) groups excluding carboxylic acids is 3. The molecule has 4 amide bonds. The van der Waals surface area contributed by atoms with Crippen LogP contribution in [0.5, 0.6) is 11.5 Å². The van der Waals surface area contributed by atoms with Crippen LogP contribution in [-0.2, 0) is 16.0 Å². The van der Waals surface area contributed by atoms with Crippen molar-refractivity contribution in [1.82, 2.24) is 15.5 Å². The quantitative estimate of drug-likeness (QED) is 0.384. The van der Waals surface area contributed by atoms with Crippen molar-refractivity contribution in [2.24, 2.45) is 0 Å². The molecule has 1 aromatic rings. The number of ether oxygens (including phenoxy) is 2. The third-order valence-electron chi connectivity index (χ3n) is 5.10. The second kappa shape index (κ2) is 12.4. The van der Waals surface area contributed by atoms with Gasteiger partial charge in [-0.1, -0.05) is 6.07 Å². The van der Waals surface area contributed by atoms with E-state index in [9.17, 15) is 19.5 Å². The largest absolute Gasteiger partial charge is 0.493 e. The van der Waals surface area contributed by atoms with Gasteiger partial charge < -0.3 is 25.2 Å². The molecule has 0 saturated carbocycles. The highest BCUT2D eigenvalue weighted by atomic mass is 32.2. The molecule has 2 rings (SSSR count). The lowest BCUT2D eigenvalue weighted by atomic mass is 10.1. The SMILES string of the molecule is COc1ccc(CCN2C(=O)N[C@@H](CCC(=O)N[C@H](CO)CCSC)C2=O)cc1OC. The van der Waals surface area contributed by atoms with Gasteiger partial charge in [-0.05, 0) is 49.0 Å². The van der Waals surface area contributed by atoms with E-state index in [0.29, 0.717) is 24.3 Å². The molecule has 0 radical (unpaired) electrons. The summed E-state index contributed by atoms with van der Waals surface area (Å²) in [5.41, 5.74) is 0.904. The van der Waals surface area contributed by atoms with Crippen molar-refractivity contribution in [1.29, 1.82) is 0 Å². The van der Waals surface area contributed by atoms with Gasteiger partial charge in [-0.25, -0.2) is 4.79 Å². The summed E-state index contributed by atoms with van der Waals surface area (Å²) in [5, 5.41) is 14.8. The van der Waals surface area contributed by atoms with E-state index in [1.807, 2.05) is 18.4 Å². The van der Waals surface area contributed by atoms with Crippen LogP contribution in [0.2, 0.25) is 0 Å². The van der Waals surface area contributed by atoms with Crippen molar-refractivity contribution in [3.63, 3.8) is 0 Å². The smallest absolute Gasteiger partial charge is 0.324 e. The molecule has 1 heterocycles. The maximum atomic E-state index is 12.6. The fraction of sp³-hybridized carbons (Fsp3) is 0.571. The summed E-state index contributed by atoms with van der Waals surface area (Å²) in [7, 11) is 3.10. The van der Waals surface area contributed by atoms with Crippen molar-refractivity contribution in [2.75, 3.05) is 39.4 Å². The molecule has 0 aromatic heterocycles. The van der Waals surface area contributed by atoms with Crippen LogP contribution in [0, 0.1) is 0 Å². The van der Waals surface area contributed by atoms with E-state index >= 15 is 0 Å². The number of aliphatic hydroxyl groups excluding tert-OH is 1. The minimum absolute atomic E-state index is 0.0932. The van der Waals surface area contributed by atoms with Gasteiger partial charge in [0.15, 0.2) is 11.5 Å². The average molecular weight is 454 g/mol. The first kappa shape index (κ1) is 24.8. The predicted molar refractivity (Wildman–Crippen MR) is 119 cm³/mol. The minimum Gasteiger partial charge on any atom is -0.493 e. The Morgan fingerprint density at radius 1 is 1.29 bits per heavy atom. The Morgan fingerprint density at radius 3 is 2.68 bits per heavy atom. The van der Waals surface area contributed by atoms with E-state index in [2.05, 4.69) is 10.6 Å². The number of thioether (sulfide) groups is 1. The molecule has 1 fully saturated rings. The van der Waals surface area contributed by atoms with Gasteiger partial charge in [-0.3, -0.25) is 14.5 Å². The number of methoxy groups -OCH3 is 2. The summed E-state index contributed by atoms with van der Waals surface area (Å²) in [4.78, 5) is 38.2. The number of benzene rings is 1. The molecule has 0 unspecified atom stereocenters. The van der Waals surface area contributed by atoms with Gasteiger partial charge in [0.25, 0.3) is 5.91 Å². The van der Waals surface area contributed by atoms with Gasteiger partial charge in [0, 0.05) is 13.0 Å². The lowest BCUT2D eigenvalue weighted by Gasteiger charge is -2.16. The van der Waals surface area contributed by atoms with Gasteiger partial charge in [0.2, 0.25) is 5.91 Å². The molecule has 1 aliphatic heterocycles. The zero-order valence-electron chi connectivity index (χ0n) is 18.2. The number of nitrogens with one attached hydrogen (secondary N) is 2. The molecule has 31 heavy (non-hydrogen) atoms. The molecule has 0 spiro atoms. The number of imide groups is 1.